The van der Waals surface area contributed by atoms with Crippen LogP contribution in [0, 0.1) is 10.1 Å². The fraction of sp³-hybridized carbons (Fsp3) is 0.350. The van der Waals surface area contributed by atoms with Crippen molar-refractivity contribution in [3.63, 3.8) is 0 Å². The zero-order chi connectivity index (χ0) is 19.4. The highest BCUT2D eigenvalue weighted by atomic mass is 16.6. The quantitative estimate of drug-likeness (QED) is 0.620. The van der Waals surface area contributed by atoms with Crippen molar-refractivity contribution in [2.75, 3.05) is 24.6 Å². The van der Waals surface area contributed by atoms with E-state index in [9.17, 15) is 14.9 Å². The molecule has 1 aliphatic heterocycles. The van der Waals surface area contributed by atoms with E-state index in [0.717, 1.165) is 11.3 Å². The number of hydrogen-bond acceptors (Lipinski definition) is 5. The SMILES string of the molecule is CCN(CC)c1ccc([N+](=O)[O-])cc1C(=O)N[C@@H]1CCOc2ccccc21. The van der Waals surface area contributed by atoms with Crippen LogP contribution in [0.15, 0.2) is 42.5 Å². The molecule has 0 aliphatic carbocycles. The van der Waals surface area contributed by atoms with Gasteiger partial charge in [-0.15, -0.1) is 0 Å². The second kappa shape index (κ2) is 8.07. The van der Waals surface area contributed by atoms with Crippen LogP contribution in [-0.4, -0.2) is 30.5 Å². The predicted molar refractivity (Wildman–Crippen MR) is 103 cm³/mol. The lowest BCUT2D eigenvalue weighted by Crippen LogP contribution is -2.34. The van der Waals surface area contributed by atoms with Gasteiger partial charge in [-0.25, -0.2) is 0 Å². The first-order chi connectivity index (χ1) is 13.0. The molecule has 0 saturated heterocycles. The minimum atomic E-state index is -0.480. The van der Waals surface area contributed by atoms with Crippen LogP contribution in [0.2, 0.25) is 0 Å². The fourth-order valence-corrected chi connectivity index (χ4v) is 3.39. The first kappa shape index (κ1) is 18.7. The van der Waals surface area contributed by atoms with Crippen molar-refractivity contribution in [2.45, 2.75) is 26.3 Å². The van der Waals surface area contributed by atoms with Gasteiger partial charge in [-0.2, -0.15) is 0 Å². The molecule has 7 heteroatoms. The van der Waals surface area contributed by atoms with Gasteiger partial charge in [0.25, 0.3) is 11.6 Å². The number of nitro benzene ring substituents is 1. The van der Waals surface area contributed by atoms with Gasteiger partial charge in [0.05, 0.1) is 23.1 Å². The number of benzene rings is 2. The Balaban J connectivity index is 1.94. The van der Waals surface area contributed by atoms with Crippen LogP contribution in [0.25, 0.3) is 0 Å². The molecule has 0 radical (unpaired) electrons. The number of nitrogens with one attached hydrogen (secondary N) is 1. The highest BCUT2D eigenvalue weighted by molar-refractivity contribution is 6.00. The minimum absolute atomic E-state index is 0.0940. The van der Waals surface area contributed by atoms with Gasteiger partial charge in [0.2, 0.25) is 0 Å². The van der Waals surface area contributed by atoms with Crippen molar-refractivity contribution in [1.29, 1.82) is 0 Å². The number of non-ortho nitro benzene ring substituents is 1. The van der Waals surface area contributed by atoms with Gasteiger partial charge in [0.15, 0.2) is 0 Å². The van der Waals surface area contributed by atoms with Gasteiger partial charge in [-0.1, -0.05) is 18.2 Å². The highest BCUT2D eigenvalue weighted by Crippen LogP contribution is 2.33. The average Bonchev–Trinajstić information content (AvgIpc) is 2.69. The zero-order valence-electron chi connectivity index (χ0n) is 15.5. The summed E-state index contributed by atoms with van der Waals surface area (Å²) >= 11 is 0. The Labute approximate surface area is 158 Å². The average molecular weight is 369 g/mol. The molecule has 3 rings (SSSR count). The summed E-state index contributed by atoms with van der Waals surface area (Å²) in [6, 6.07) is 11.9. The zero-order valence-corrected chi connectivity index (χ0v) is 15.5. The Hall–Kier alpha value is -3.09. The van der Waals surface area contributed by atoms with Crippen LogP contribution < -0.4 is 15.0 Å². The number of carbonyl (C=O) groups excluding carboxylic acids is 1. The van der Waals surface area contributed by atoms with Crippen molar-refractivity contribution >= 4 is 17.3 Å². The van der Waals surface area contributed by atoms with E-state index in [4.69, 9.17) is 4.74 Å². The minimum Gasteiger partial charge on any atom is -0.493 e. The van der Waals surface area contributed by atoms with Gasteiger partial charge >= 0.3 is 0 Å². The topological polar surface area (TPSA) is 84.7 Å². The maximum atomic E-state index is 13.1. The number of amides is 1. The van der Waals surface area contributed by atoms with Crippen LogP contribution in [-0.2, 0) is 0 Å². The van der Waals surface area contributed by atoms with Crippen LogP contribution in [0.3, 0.4) is 0 Å². The number of carbonyl (C=O) groups is 1. The van der Waals surface area contributed by atoms with Gasteiger partial charge < -0.3 is 15.0 Å². The second-order valence-electron chi connectivity index (χ2n) is 6.33. The summed E-state index contributed by atoms with van der Waals surface area (Å²) in [5, 5.41) is 14.2. The predicted octanol–water partition coefficient (Wildman–Crippen LogP) is 3.69. The Morgan fingerprint density at radius 3 is 2.70 bits per heavy atom. The van der Waals surface area contributed by atoms with E-state index in [1.54, 1.807) is 6.07 Å². The van der Waals surface area contributed by atoms with Gasteiger partial charge in [-0.05, 0) is 26.0 Å². The number of hydrogen-bond donors (Lipinski definition) is 1. The molecule has 0 unspecified atom stereocenters. The van der Waals surface area contributed by atoms with Crippen molar-refractivity contribution in [3.05, 3.63) is 63.7 Å². The Morgan fingerprint density at radius 2 is 2.00 bits per heavy atom. The van der Waals surface area contributed by atoms with Crippen molar-refractivity contribution in [1.82, 2.24) is 5.32 Å². The standard InChI is InChI=1S/C20H23N3O4/c1-3-22(4-2)18-10-9-14(23(25)26)13-16(18)20(24)21-17-11-12-27-19-8-6-5-7-15(17)19/h5-10,13,17H,3-4,11-12H2,1-2H3,(H,21,24)/t17-/m1/s1. The molecule has 1 aliphatic rings. The molecule has 1 N–H and O–H groups in total. The van der Waals surface area contributed by atoms with Gasteiger partial charge in [-0.3, -0.25) is 14.9 Å². The molecule has 0 fully saturated rings. The molecule has 27 heavy (non-hydrogen) atoms. The third kappa shape index (κ3) is 3.86. The summed E-state index contributed by atoms with van der Waals surface area (Å²) in [5.41, 5.74) is 1.84. The van der Waals surface area contributed by atoms with Crippen molar-refractivity contribution in [3.8, 4) is 5.75 Å². The smallest absolute Gasteiger partial charge is 0.270 e. The van der Waals surface area contributed by atoms with Gasteiger partial charge in [0.1, 0.15) is 5.75 Å². The molecule has 1 amide bonds. The van der Waals surface area contributed by atoms with Crippen LogP contribution in [0.4, 0.5) is 11.4 Å². The number of fused-ring (bicyclic) bond motifs is 1. The van der Waals surface area contributed by atoms with Crippen molar-refractivity contribution < 1.29 is 14.5 Å². The monoisotopic (exact) mass is 369 g/mol. The van der Waals surface area contributed by atoms with E-state index in [1.807, 2.05) is 43.0 Å². The Morgan fingerprint density at radius 1 is 1.26 bits per heavy atom. The lowest BCUT2D eigenvalue weighted by molar-refractivity contribution is -0.384. The molecular weight excluding hydrogens is 346 g/mol. The Kier molecular flexibility index (Phi) is 5.59. The molecule has 2 aromatic carbocycles. The molecule has 0 aromatic heterocycles. The maximum absolute atomic E-state index is 13.1. The maximum Gasteiger partial charge on any atom is 0.270 e. The molecule has 0 spiro atoms. The van der Waals surface area contributed by atoms with Crippen LogP contribution in [0.5, 0.6) is 5.75 Å². The number of rotatable bonds is 6. The first-order valence-corrected chi connectivity index (χ1v) is 9.11. The normalized spacial score (nSPS) is 15.4. The van der Waals surface area contributed by atoms with E-state index in [2.05, 4.69) is 5.32 Å². The third-order valence-corrected chi connectivity index (χ3v) is 4.80. The first-order valence-electron chi connectivity index (χ1n) is 9.11. The van der Waals surface area contributed by atoms with Crippen molar-refractivity contribution in [2.24, 2.45) is 0 Å². The van der Waals surface area contributed by atoms with E-state index >= 15 is 0 Å². The third-order valence-electron chi connectivity index (χ3n) is 4.80. The van der Waals surface area contributed by atoms with E-state index < -0.39 is 4.92 Å². The summed E-state index contributed by atoms with van der Waals surface area (Å²) in [7, 11) is 0. The summed E-state index contributed by atoms with van der Waals surface area (Å²) in [6.07, 6.45) is 0.651. The molecule has 7 nitrogen and oxygen atoms in total. The van der Waals surface area contributed by atoms with Crippen LogP contribution in [0.1, 0.15) is 42.2 Å². The van der Waals surface area contributed by atoms with E-state index in [1.165, 1.54) is 12.1 Å². The number of nitrogens with zero attached hydrogens (tertiary/aromatic N) is 2. The van der Waals surface area contributed by atoms with E-state index in [0.29, 0.717) is 37.4 Å². The largest absolute Gasteiger partial charge is 0.493 e. The highest BCUT2D eigenvalue weighted by Gasteiger charge is 2.26. The lowest BCUT2D eigenvalue weighted by Gasteiger charge is -2.28. The molecule has 2 aromatic rings. The number of ether oxygens (including phenoxy) is 1. The second-order valence-corrected chi connectivity index (χ2v) is 6.33. The van der Waals surface area contributed by atoms with Crippen LogP contribution >= 0.6 is 0 Å². The molecule has 1 heterocycles. The molecule has 142 valence electrons. The number of anilines is 1. The molecule has 0 bridgehead atoms. The molecule has 1 atom stereocenters. The summed E-state index contributed by atoms with van der Waals surface area (Å²) in [6.45, 7) is 5.89. The number of para-hydroxylation sites is 1. The lowest BCUT2D eigenvalue weighted by atomic mass is 9.99. The molecule has 0 saturated carbocycles. The Bertz CT molecular complexity index is 849. The van der Waals surface area contributed by atoms with Gasteiger partial charge in [0, 0.05) is 42.9 Å². The summed E-state index contributed by atoms with van der Waals surface area (Å²) < 4.78 is 5.64. The van der Waals surface area contributed by atoms with E-state index in [-0.39, 0.29) is 17.6 Å². The fourth-order valence-electron chi connectivity index (χ4n) is 3.39. The molecular formula is C20H23N3O4. The summed E-state index contributed by atoms with van der Waals surface area (Å²) in [4.78, 5) is 25.8. The number of nitro groups is 1. The summed E-state index contributed by atoms with van der Waals surface area (Å²) in [5.74, 6) is 0.444.